The van der Waals surface area contributed by atoms with Crippen molar-refractivity contribution in [2.45, 2.75) is 13.8 Å². The fraction of sp³-hybridized carbons (Fsp3) is 0.0833. The van der Waals surface area contributed by atoms with Crippen molar-refractivity contribution in [3.05, 3.63) is 98.4 Å². The van der Waals surface area contributed by atoms with Crippen LogP contribution in [0.2, 0.25) is 15.1 Å². The maximum absolute atomic E-state index is 12.5. The Morgan fingerprint density at radius 1 is 0.938 bits per heavy atom. The molecule has 1 N–H and O–H groups in total. The number of halogens is 3. The van der Waals surface area contributed by atoms with E-state index >= 15 is 0 Å². The van der Waals surface area contributed by atoms with Gasteiger partial charge in [0, 0.05) is 27.7 Å². The van der Waals surface area contributed by atoms with Crippen molar-refractivity contribution >= 4 is 46.9 Å². The van der Waals surface area contributed by atoms with Crippen LogP contribution in [-0.4, -0.2) is 16.7 Å². The molecule has 0 fully saturated rings. The maximum atomic E-state index is 12.5. The summed E-state index contributed by atoms with van der Waals surface area (Å²) in [5.74, 6) is 0.555. The number of hydrazone groups is 1. The van der Waals surface area contributed by atoms with E-state index in [-0.39, 0.29) is 0 Å². The third-order valence-electron chi connectivity index (χ3n) is 4.91. The number of rotatable bonds is 5. The zero-order valence-electron chi connectivity index (χ0n) is 17.2. The van der Waals surface area contributed by atoms with E-state index in [2.05, 4.69) is 15.1 Å². The molecule has 0 atom stereocenters. The third-order valence-corrected chi connectivity index (χ3v) is 5.78. The molecular weight excluding hydrogens is 469 g/mol. The van der Waals surface area contributed by atoms with Gasteiger partial charge in [-0.1, -0.05) is 34.8 Å². The topological polar surface area (TPSA) is 59.5 Å². The van der Waals surface area contributed by atoms with Crippen LogP contribution < -0.4 is 5.43 Å². The fourth-order valence-electron chi connectivity index (χ4n) is 3.37. The van der Waals surface area contributed by atoms with Gasteiger partial charge in [-0.2, -0.15) is 5.10 Å². The first-order valence-corrected chi connectivity index (χ1v) is 10.8. The van der Waals surface area contributed by atoms with E-state index in [9.17, 15) is 4.79 Å². The van der Waals surface area contributed by atoms with Crippen molar-refractivity contribution in [2.24, 2.45) is 5.10 Å². The second kappa shape index (κ2) is 9.25. The molecule has 1 amide bonds. The van der Waals surface area contributed by atoms with Crippen LogP contribution in [0.3, 0.4) is 0 Å². The first-order chi connectivity index (χ1) is 15.3. The summed E-state index contributed by atoms with van der Waals surface area (Å²) < 4.78 is 7.79. The molecule has 0 bridgehead atoms. The average molecular weight is 487 g/mol. The number of amides is 1. The molecule has 32 heavy (non-hydrogen) atoms. The molecule has 2 aromatic heterocycles. The van der Waals surface area contributed by atoms with Gasteiger partial charge in [0.05, 0.1) is 21.8 Å². The monoisotopic (exact) mass is 485 g/mol. The van der Waals surface area contributed by atoms with E-state index in [0.29, 0.717) is 37.7 Å². The number of carbonyl (C=O) groups excluding carboxylic acids is 1. The molecule has 0 saturated carbocycles. The van der Waals surface area contributed by atoms with Crippen molar-refractivity contribution in [3.8, 4) is 17.0 Å². The quantitative estimate of drug-likeness (QED) is 0.242. The number of carbonyl (C=O) groups is 1. The van der Waals surface area contributed by atoms with Crippen molar-refractivity contribution < 1.29 is 9.21 Å². The predicted octanol–water partition coefficient (Wildman–Crippen LogP) is 7.08. The molecule has 0 aliphatic heterocycles. The van der Waals surface area contributed by atoms with Gasteiger partial charge < -0.3 is 8.98 Å². The fourth-order valence-corrected chi connectivity index (χ4v) is 4.01. The van der Waals surface area contributed by atoms with Gasteiger partial charge in [0.2, 0.25) is 0 Å². The number of aryl methyl sites for hydroxylation is 2. The Bertz CT molecular complexity index is 1320. The molecule has 2 aromatic carbocycles. The second-order valence-electron chi connectivity index (χ2n) is 7.14. The lowest BCUT2D eigenvalue weighted by atomic mass is 10.2. The Morgan fingerprint density at radius 3 is 2.41 bits per heavy atom. The van der Waals surface area contributed by atoms with Crippen molar-refractivity contribution in [1.82, 2.24) is 9.99 Å². The summed E-state index contributed by atoms with van der Waals surface area (Å²) >= 11 is 18.6. The Hall–Kier alpha value is -2.99. The second-order valence-corrected chi connectivity index (χ2v) is 8.39. The van der Waals surface area contributed by atoms with E-state index in [1.54, 1.807) is 42.5 Å². The van der Waals surface area contributed by atoms with Crippen LogP contribution in [0, 0.1) is 13.8 Å². The SMILES string of the molecule is Cc1ccc(C)n1-c1ccc(C(=O)N/N=C/c2ccc(-c3cc(Cl)ccc3Cl)o2)c(Cl)c1. The lowest BCUT2D eigenvalue weighted by Gasteiger charge is -2.11. The first-order valence-electron chi connectivity index (χ1n) is 9.67. The van der Waals surface area contributed by atoms with Gasteiger partial charge in [-0.3, -0.25) is 4.79 Å². The summed E-state index contributed by atoms with van der Waals surface area (Å²) in [4.78, 5) is 12.5. The number of benzene rings is 2. The molecule has 0 aliphatic rings. The zero-order valence-corrected chi connectivity index (χ0v) is 19.5. The summed E-state index contributed by atoms with van der Waals surface area (Å²) in [5, 5.41) is 5.36. The highest BCUT2D eigenvalue weighted by atomic mass is 35.5. The minimum absolute atomic E-state index is 0.320. The van der Waals surface area contributed by atoms with Crippen LogP contribution in [-0.2, 0) is 0 Å². The van der Waals surface area contributed by atoms with E-state index in [1.807, 2.05) is 32.0 Å². The molecule has 4 rings (SSSR count). The number of nitrogens with one attached hydrogen (secondary N) is 1. The molecule has 5 nitrogen and oxygen atoms in total. The minimum Gasteiger partial charge on any atom is -0.455 e. The Labute approximate surface area is 200 Å². The molecule has 2 heterocycles. The van der Waals surface area contributed by atoms with Crippen LogP contribution in [0.15, 0.2) is 70.2 Å². The van der Waals surface area contributed by atoms with Crippen LogP contribution >= 0.6 is 34.8 Å². The summed E-state index contributed by atoms with van der Waals surface area (Å²) in [5.41, 5.74) is 6.50. The van der Waals surface area contributed by atoms with Gasteiger partial charge >= 0.3 is 0 Å². The number of aromatic nitrogens is 1. The molecular formula is C24H18Cl3N3O2. The summed E-state index contributed by atoms with van der Waals surface area (Å²) in [7, 11) is 0. The van der Waals surface area contributed by atoms with Gasteiger partial charge in [0.15, 0.2) is 0 Å². The first kappa shape index (κ1) is 22.2. The van der Waals surface area contributed by atoms with E-state index < -0.39 is 5.91 Å². The van der Waals surface area contributed by atoms with Gasteiger partial charge in [-0.15, -0.1) is 0 Å². The molecule has 162 valence electrons. The van der Waals surface area contributed by atoms with Crippen molar-refractivity contribution in [2.75, 3.05) is 0 Å². The van der Waals surface area contributed by atoms with Crippen molar-refractivity contribution in [1.29, 1.82) is 0 Å². The maximum Gasteiger partial charge on any atom is 0.272 e. The van der Waals surface area contributed by atoms with Gasteiger partial charge in [-0.25, -0.2) is 5.43 Å². The standard InChI is InChI=1S/C24H18Cl3N3O2/c1-14-3-4-15(2)30(14)17-6-8-19(22(27)12-17)24(31)29-28-13-18-7-10-23(32-18)20-11-16(25)5-9-21(20)26/h3-13H,1-2H3,(H,29,31)/b28-13+. The summed E-state index contributed by atoms with van der Waals surface area (Å²) in [6.45, 7) is 4.02. The minimum atomic E-state index is -0.427. The highest BCUT2D eigenvalue weighted by Crippen LogP contribution is 2.31. The predicted molar refractivity (Wildman–Crippen MR) is 129 cm³/mol. The van der Waals surface area contributed by atoms with Crippen LogP contribution in [0.1, 0.15) is 27.5 Å². The van der Waals surface area contributed by atoms with Gasteiger partial charge in [0.25, 0.3) is 5.91 Å². The number of furan rings is 1. The summed E-state index contributed by atoms with van der Waals surface area (Å²) in [6.07, 6.45) is 1.40. The normalized spacial score (nSPS) is 11.3. The van der Waals surface area contributed by atoms with Gasteiger partial charge in [0.1, 0.15) is 11.5 Å². The van der Waals surface area contributed by atoms with Crippen LogP contribution in [0.4, 0.5) is 0 Å². The van der Waals surface area contributed by atoms with E-state index in [4.69, 9.17) is 39.2 Å². The average Bonchev–Trinajstić information content (AvgIpc) is 3.36. The highest BCUT2D eigenvalue weighted by Gasteiger charge is 2.13. The van der Waals surface area contributed by atoms with E-state index in [1.165, 1.54) is 6.21 Å². The lowest BCUT2D eigenvalue weighted by molar-refractivity contribution is 0.0955. The van der Waals surface area contributed by atoms with Crippen LogP contribution in [0.25, 0.3) is 17.0 Å². The molecule has 4 aromatic rings. The molecule has 0 spiro atoms. The Kier molecular flexibility index (Phi) is 6.42. The molecule has 8 heteroatoms. The van der Waals surface area contributed by atoms with Crippen LogP contribution in [0.5, 0.6) is 0 Å². The Balaban J connectivity index is 1.46. The molecule has 0 aliphatic carbocycles. The third kappa shape index (κ3) is 4.60. The zero-order chi connectivity index (χ0) is 22.8. The van der Waals surface area contributed by atoms with Gasteiger partial charge in [-0.05, 0) is 74.5 Å². The number of nitrogens with zero attached hydrogens (tertiary/aromatic N) is 2. The highest BCUT2D eigenvalue weighted by molar-refractivity contribution is 6.35. The lowest BCUT2D eigenvalue weighted by Crippen LogP contribution is -2.18. The van der Waals surface area contributed by atoms with Crippen molar-refractivity contribution in [3.63, 3.8) is 0 Å². The van der Waals surface area contributed by atoms with E-state index in [0.717, 1.165) is 17.1 Å². The number of hydrogen-bond acceptors (Lipinski definition) is 3. The smallest absolute Gasteiger partial charge is 0.272 e. The molecule has 0 saturated heterocycles. The Morgan fingerprint density at radius 2 is 1.69 bits per heavy atom. The molecule has 0 radical (unpaired) electrons. The molecule has 0 unspecified atom stereocenters. The summed E-state index contributed by atoms with van der Waals surface area (Å²) in [6, 6.07) is 17.9. The largest absolute Gasteiger partial charge is 0.455 e. The number of hydrogen-bond donors (Lipinski definition) is 1.